The SMILES string of the molecule is COC(=O)[C@H](Cc1ccccc1)NC[C@H](NS(=O)(=O)c1ccccc1[N+](=O)[O-])C(=O)OC(C)(C)C. The summed E-state index contributed by atoms with van der Waals surface area (Å²) in [5, 5.41) is 14.2. The number of hydrogen-bond acceptors (Lipinski definition) is 9. The summed E-state index contributed by atoms with van der Waals surface area (Å²) in [7, 11) is -3.30. The van der Waals surface area contributed by atoms with Crippen molar-refractivity contribution in [2.75, 3.05) is 13.7 Å². The van der Waals surface area contributed by atoms with Crippen molar-refractivity contribution < 1.29 is 32.4 Å². The Morgan fingerprint density at radius 1 is 1.00 bits per heavy atom. The number of esters is 2. The van der Waals surface area contributed by atoms with Gasteiger partial charge in [-0.1, -0.05) is 42.5 Å². The number of carbonyl (C=O) groups is 2. The molecule has 0 saturated heterocycles. The van der Waals surface area contributed by atoms with Crippen LogP contribution < -0.4 is 10.0 Å². The minimum Gasteiger partial charge on any atom is -0.468 e. The molecule has 2 aromatic rings. The molecular formula is C23H29N3O8S. The predicted octanol–water partition coefficient (Wildman–Crippen LogP) is 1.96. The summed E-state index contributed by atoms with van der Waals surface area (Å²) in [6.07, 6.45) is 0.214. The van der Waals surface area contributed by atoms with E-state index in [2.05, 4.69) is 10.0 Å². The fourth-order valence-corrected chi connectivity index (χ4v) is 4.48. The highest BCUT2D eigenvalue weighted by Crippen LogP contribution is 2.23. The van der Waals surface area contributed by atoms with Crippen LogP contribution in [-0.4, -0.2) is 56.6 Å². The summed E-state index contributed by atoms with van der Waals surface area (Å²) in [4.78, 5) is 35.1. The van der Waals surface area contributed by atoms with Crippen LogP contribution in [0, 0.1) is 10.1 Å². The van der Waals surface area contributed by atoms with E-state index in [0.29, 0.717) is 0 Å². The second-order valence-electron chi connectivity index (χ2n) is 8.61. The summed E-state index contributed by atoms with van der Waals surface area (Å²) in [6, 6.07) is 11.4. The molecule has 2 aromatic carbocycles. The minimum absolute atomic E-state index is 0.214. The van der Waals surface area contributed by atoms with Gasteiger partial charge in [0.1, 0.15) is 17.7 Å². The molecule has 0 radical (unpaired) electrons. The average molecular weight is 508 g/mol. The number of ether oxygens (including phenoxy) is 2. The van der Waals surface area contributed by atoms with E-state index >= 15 is 0 Å². The highest BCUT2D eigenvalue weighted by Gasteiger charge is 2.34. The van der Waals surface area contributed by atoms with Crippen molar-refractivity contribution in [3.63, 3.8) is 0 Å². The minimum atomic E-state index is -4.52. The van der Waals surface area contributed by atoms with Crippen molar-refractivity contribution in [2.24, 2.45) is 0 Å². The maximum absolute atomic E-state index is 13.0. The van der Waals surface area contributed by atoms with Gasteiger partial charge in [0.25, 0.3) is 5.69 Å². The van der Waals surface area contributed by atoms with Crippen molar-refractivity contribution in [1.29, 1.82) is 0 Å². The molecule has 0 aliphatic rings. The number of nitrogens with zero attached hydrogens (tertiary/aromatic N) is 1. The first-order valence-electron chi connectivity index (χ1n) is 10.7. The molecule has 0 heterocycles. The fraction of sp³-hybridized carbons (Fsp3) is 0.391. The van der Waals surface area contributed by atoms with Gasteiger partial charge in [-0.3, -0.25) is 19.7 Å². The van der Waals surface area contributed by atoms with Crippen LogP contribution in [-0.2, 0) is 35.5 Å². The lowest BCUT2D eigenvalue weighted by molar-refractivity contribution is -0.387. The monoisotopic (exact) mass is 507 g/mol. The zero-order valence-electron chi connectivity index (χ0n) is 19.9. The molecule has 0 aromatic heterocycles. The number of nitrogens with one attached hydrogen (secondary N) is 2. The summed E-state index contributed by atoms with van der Waals surface area (Å²) < 4.78 is 38.4. The molecule has 0 fully saturated rings. The number of benzene rings is 2. The van der Waals surface area contributed by atoms with Gasteiger partial charge < -0.3 is 14.8 Å². The lowest BCUT2D eigenvalue weighted by atomic mass is 10.1. The first-order valence-corrected chi connectivity index (χ1v) is 12.2. The van der Waals surface area contributed by atoms with Gasteiger partial charge in [0.05, 0.1) is 12.0 Å². The zero-order valence-corrected chi connectivity index (χ0v) is 20.7. The van der Waals surface area contributed by atoms with E-state index < -0.39 is 55.2 Å². The van der Waals surface area contributed by atoms with Gasteiger partial charge in [-0.25, -0.2) is 8.42 Å². The van der Waals surface area contributed by atoms with E-state index in [9.17, 15) is 28.1 Å². The van der Waals surface area contributed by atoms with Crippen molar-refractivity contribution in [2.45, 2.75) is 49.8 Å². The number of nitro benzene ring substituents is 1. The second-order valence-corrected chi connectivity index (χ2v) is 10.3. The quantitative estimate of drug-likeness (QED) is 0.264. The number of nitro groups is 1. The van der Waals surface area contributed by atoms with E-state index in [1.165, 1.54) is 19.2 Å². The Morgan fingerprint density at radius 3 is 2.17 bits per heavy atom. The van der Waals surface area contributed by atoms with E-state index in [-0.39, 0.29) is 13.0 Å². The molecule has 0 aliphatic heterocycles. The first kappa shape index (κ1) is 27.9. The third kappa shape index (κ3) is 8.42. The highest BCUT2D eigenvalue weighted by molar-refractivity contribution is 7.89. The topological polar surface area (TPSA) is 154 Å². The molecular weight excluding hydrogens is 478 g/mol. The summed E-state index contributed by atoms with van der Waals surface area (Å²) >= 11 is 0. The van der Waals surface area contributed by atoms with Crippen molar-refractivity contribution in [1.82, 2.24) is 10.0 Å². The number of hydrogen-bond donors (Lipinski definition) is 2. The lowest BCUT2D eigenvalue weighted by Crippen LogP contribution is -2.53. The molecule has 2 rings (SSSR count). The first-order chi connectivity index (χ1) is 16.3. The summed E-state index contributed by atoms with van der Waals surface area (Å²) in [5.41, 5.74) is -0.775. The van der Waals surface area contributed by atoms with Crippen LogP contribution in [0.2, 0.25) is 0 Å². The number of para-hydroxylation sites is 1. The Balaban J connectivity index is 2.32. The number of carbonyl (C=O) groups excluding carboxylic acids is 2. The van der Waals surface area contributed by atoms with Gasteiger partial charge >= 0.3 is 11.9 Å². The Morgan fingerprint density at radius 2 is 1.60 bits per heavy atom. The van der Waals surface area contributed by atoms with Crippen molar-refractivity contribution in [3.8, 4) is 0 Å². The van der Waals surface area contributed by atoms with Crippen LogP contribution >= 0.6 is 0 Å². The molecule has 2 atom stereocenters. The third-order valence-corrected chi connectivity index (χ3v) is 6.20. The van der Waals surface area contributed by atoms with E-state index in [4.69, 9.17) is 9.47 Å². The third-order valence-electron chi connectivity index (χ3n) is 4.68. The molecule has 0 aliphatic carbocycles. The maximum Gasteiger partial charge on any atom is 0.326 e. The fourth-order valence-electron chi connectivity index (χ4n) is 3.12. The number of sulfonamides is 1. The van der Waals surface area contributed by atoms with Crippen LogP contribution in [0.3, 0.4) is 0 Å². The van der Waals surface area contributed by atoms with Crippen LogP contribution in [0.5, 0.6) is 0 Å². The molecule has 0 unspecified atom stereocenters. The molecule has 0 saturated carbocycles. The molecule has 2 N–H and O–H groups in total. The van der Waals surface area contributed by atoms with Gasteiger partial charge in [0.15, 0.2) is 4.90 Å². The lowest BCUT2D eigenvalue weighted by Gasteiger charge is -2.26. The van der Waals surface area contributed by atoms with Crippen LogP contribution in [0.15, 0.2) is 59.5 Å². The van der Waals surface area contributed by atoms with E-state index in [1.54, 1.807) is 45.0 Å². The Kier molecular flexibility index (Phi) is 9.46. The molecule has 12 heteroatoms. The highest BCUT2D eigenvalue weighted by atomic mass is 32.2. The Bertz CT molecular complexity index is 1150. The molecule has 190 valence electrons. The maximum atomic E-state index is 13.0. The van der Waals surface area contributed by atoms with E-state index in [0.717, 1.165) is 17.7 Å². The van der Waals surface area contributed by atoms with Crippen molar-refractivity contribution in [3.05, 3.63) is 70.3 Å². The average Bonchev–Trinajstić information content (AvgIpc) is 2.79. The predicted molar refractivity (Wildman–Crippen MR) is 127 cm³/mol. The van der Waals surface area contributed by atoms with E-state index in [1.807, 2.05) is 6.07 Å². The summed E-state index contributed by atoms with van der Waals surface area (Å²) in [5.74, 6) is -1.53. The Hall–Kier alpha value is -3.35. The van der Waals surface area contributed by atoms with Crippen LogP contribution in [0.25, 0.3) is 0 Å². The van der Waals surface area contributed by atoms with Gasteiger partial charge in [-0.2, -0.15) is 4.72 Å². The second kappa shape index (κ2) is 11.9. The van der Waals surface area contributed by atoms with Crippen molar-refractivity contribution >= 4 is 27.6 Å². The molecule has 0 bridgehead atoms. The Labute approximate surface area is 204 Å². The zero-order chi connectivity index (χ0) is 26.2. The number of methoxy groups -OCH3 is 1. The molecule has 35 heavy (non-hydrogen) atoms. The standard InChI is InChI=1S/C23H29N3O8S/c1-23(2,3)34-22(28)18(25-35(31,32)20-13-9-8-12-19(20)26(29)30)15-24-17(21(27)33-4)14-16-10-6-5-7-11-16/h5-13,17-18,24-25H,14-15H2,1-4H3/t17-,18-/m0/s1. The molecule has 0 amide bonds. The molecule has 11 nitrogen and oxygen atoms in total. The normalized spacial score (nSPS) is 13.5. The van der Waals surface area contributed by atoms with Crippen LogP contribution in [0.4, 0.5) is 5.69 Å². The van der Waals surface area contributed by atoms with Gasteiger partial charge in [-0.05, 0) is 38.8 Å². The smallest absolute Gasteiger partial charge is 0.326 e. The van der Waals surface area contributed by atoms with Gasteiger partial charge in [-0.15, -0.1) is 0 Å². The van der Waals surface area contributed by atoms with Gasteiger partial charge in [0, 0.05) is 12.6 Å². The van der Waals surface area contributed by atoms with Crippen LogP contribution in [0.1, 0.15) is 26.3 Å². The summed E-state index contributed by atoms with van der Waals surface area (Å²) in [6.45, 7) is 4.48. The largest absolute Gasteiger partial charge is 0.468 e. The molecule has 0 spiro atoms. The van der Waals surface area contributed by atoms with Gasteiger partial charge in [0.2, 0.25) is 10.0 Å². The number of rotatable bonds is 11.